The molecule has 0 heterocycles. The normalized spacial score (nSPS) is 10.2. The van der Waals surface area contributed by atoms with Crippen LogP contribution in [0.2, 0.25) is 5.02 Å². The molecule has 2 amide bonds. The van der Waals surface area contributed by atoms with E-state index in [0.29, 0.717) is 16.5 Å². The van der Waals surface area contributed by atoms with E-state index in [1.54, 1.807) is 18.2 Å². The third kappa shape index (κ3) is 4.32. The Hall–Kier alpha value is -2.40. The molecule has 0 aromatic heterocycles. The number of ether oxygens (including phenoxy) is 2. The van der Waals surface area contributed by atoms with Crippen LogP contribution in [-0.4, -0.2) is 19.9 Å². The summed E-state index contributed by atoms with van der Waals surface area (Å²) in [5, 5.41) is 5.77. The first-order valence-electron chi connectivity index (χ1n) is 7.50. The molecule has 2 aromatic carbocycles. The van der Waals surface area contributed by atoms with Gasteiger partial charge in [0.1, 0.15) is 11.5 Å². The van der Waals surface area contributed by atoms with Crippen molar-refractivity contribution in [2.24, 2.45) is 0 Å². The summed E-state index contributed by atoms with van der Waals surface area (Å²) < 4.78 is 10.8. The zero-order valence-electron chi connectivity index (χ0n) is 14.2. The van der Waals surface area contributed by atoms with Crippen LogP contribution in [0.25, 0.3) is 0 Å². The van der Waals surface area contributed by atoms with Gasteiger partial charge >= 0.3 is 6.03 Å². The number of urea groups is 1. The number of amides is 2. The Kier molecular flexibility index (Phi) is 5.93. The first-order chi connectivity index (χ1) is 11.4. The molecule has 0 aliphatic carbocycles. The predicted octanol–water partition coefficient (Wildman–Crippen LogP) is 4.43. The van der Waals surface area contributed by atoms with Crippen molar-refractivity contribution in [1.82, 2.24) is 5.32 Å². The zero-order valence-corrected chi connectivity index (χ0v) is 15.0. The SMILES string of the molecule is COc1ccc(NC(=O)NCOc2c(C)ccc(C)c2C)cc1Cl. The maximum absolute atomic E-state index is 11.9. The summed E-state index contributed by atoms with van der Waals surface area (Å²) in [4.78, 5) is 11.9. The van der Waals surface area contributed by atoms with E-state index in [1.165, 1.54) is 7.11 Å². The van der Waals surface area contributed by atoms with Crippen molar-refractivity contribution in [2.45, 2.75) is 20.8 Å². The van der Waals surface area contributed by atoms with Gasteiger partial charge in [0, 0.05) is 5.69 Å². The molecule has 128 valence electrons. The molecule has 2 aromatic rings. The van der Waals surface area contributed by atoms with Crippen LogP contribution in [0, 0.1) is 20.8 Å². The highest BCUT2D eigenvalue weighted by atomic mass is 35.5. The molecule has 6 heteroatoms. The van der Waals surface area contributed by atoms with Gasteiger partial charge in [-0.15, -0.1) is 0 Å². The number of rotatable bonds is 5. The highest BCUT2D eigenvalue weighted by Gasteiger charge is 2.08. The molecular formula is C18H21ClN2O3. The van der Waals surface area contributed by atoms with Gasteiger partial charge in [-0.2, -0.15) is 0 Å². The number of halogens is 1. The van der Waals surface area contributed by atoms with Crippen LogP contribution in [0.4, 0.5) is 10.5 Å². The van der Waals surface area contributed by atoms with Crippen LogP contribution in [0.1, 0.15) is 16.7 Å². The van der Waals surface area contributed by atoms with Crippen LogP contribution in [0.15, 0.2) is 30.3 Å². The molecule has 24 heavy (non-hydrogen) atoms. The second-order valence-electron chi connectivity index (χ2n) is 5.42. The maximum Gasteiger partial charge on any atom is 0.321 e. The van der Waals surface area contributed by atoms with Gasteiger partial charge < -0.3 is 20.1 Å². The van der Waals surface area contributed by atoms with Crippen LogP contribution in [0.5, 0.6) is 11.5 Å². The number of hydrogen-bond acceptors (Lipinski definition) is 3. The van der Waals surface area contributed by atoms with E-state index in [2.05, 4.69) is 10.6 Å². The molecule has 2 N–H and O–H groups in total. The van der Waals surface area contributed by atoms with Crippen molar-refractivity contribution in [2.75, 3.05) is 19.2 Å². The molecule has 0 unspecified atom stereocenters. The van der Waals surface area contributed by atoms with Gasteiger partial charge in [-0.3, -0.25) is 0 Å². The summed E-state index contributed by atoms with van der Waals surface area (Å²) in [7, 11) is 1.54. The molecule has 0 fully saturated rings. The summed E-state index contributed by atoms with van der Waals surface area (Å²) >= 11 is 6.03. The Bertz CT molecular complexity index is 747. The van der Waals surface area contributed by atoms with Crippen molar-refractivity contribution >= 4 is 23.3 Å². The second-order valence-corrected chi connectivity index (χ2v) is 5.83. The van der Waals surface area contributed by atoms with Gasteiger partial charge in [-0.1, -0.05) is 23.7 Å². The molecule has 0 atom stereocenters. The molecule has 0 aliphatic rings. The molecule has 0 radical (unpaired) electrons. The number of nitrogens with one attached hydrogen (secondary N) is 2. The zero-order chi connectivity index (χ0) is 17.7. The molecule has 5 nitrogen and oxygen atoms in total. The summed E-state index contributed by atoms with van der Waals surface area (Å²) in [6, 6.07) is 8.69. The Morgan fingerprint density at radius 2 is 1.83 bits per heavy atom. The number of benzene rings is 2. The minimum atomic E-state index is -0.376. The van der Waals surface area contributed by atoms with Gasteiger partial charge in [0.05, 0.1) is 12.1 Å². The van der Waals surface area contributed by atoms with Gasteiger partial charge in [0.25, 0.3) is 0 Å². The van der Waals surface area contributed by atoms with Gasteiger partial charge in [-0.25, -0.2) is 4.79 Å². The highest BCUT2D eigenvalue weighted by Crippen LogP contribution is 2.27. The number of carbonyl (C=O) groups is 1. The minimum Gasteiger partial charge on any atom is -0.495 e. The monoisotopic (exact) mass is 348 g/mol. The molecule has 0 saturated heterocycles. The molecule has 0 saturated carbocycles. The summed E-state index contributed by atoms with van der Waals surface area (Å²) in [6.07, 6.45) is 0. The summed E-state index contributed by atoms with van der Waals surface area (Å²) in [6.45, 7) is 6.06. The average Bonchev–Trinajstić information content (AvgIpc) is 2.54. The lowest BCUT2D eigenvalue weighted by atomic mass is 10.1. The standard InChI is InChI=1S/C18H21ClN2O3/c1-11-5-6-12(2)17(13(11)3)24-10-20-18(22)21-14-7-8-16(23-4)15(19)9-14/h5-9H,10H2,1-4H3,(H2,20,21,22). The number of hydrogen-bond donors (Lipinski definition) is 2. The lowest BCUT2D eigenvalue weighted by Crippen LogP contribution is -2.32. The van der Waals surface area contributed by atoms with Gasteiger partial charge in [0.2, 0.25) is 0 Å². The lowest BCUT2D eigenvalue weighted by molar-refractivity contribution is 0.234. The van der Waals surface area contributed by atoms with E-state index in [0.717, 1.165) is 22.4 Å². The van der Waals surface area contributed by atoms with E-state index >= 15 is 0 Å². The van der Waals surface area contributed by atoms with Crippen molar-refractivity contribution in [3.8, 4) is 11.5 Å². The minimum absolute atomic E-state index is 0.0703. The quantitative estimate of drug-likeness (QED) is 0.786. The number of anilines is 1. The van der Waals surface area contributed by atoms with Crippen molar-refractivity contribution < 1.29 is 14.3 Å². The van der Waals surface area contributed by atoms with E-state index in [-0.39, 0.29) is 12.8 Å². The van der Waals surface area contributed by atoms with E-state index in [4.69, 9.17) is 21.1 Å². The fourth-order valence-electron chi connectivity index (χ4n) is 2.24. The third-order valence-electron chi connectivity index (χ3n) is 3.73. The largest absolute Gasteiger partial charge is 0.495 e. The third-order valence-corrected chi connectivity index (χ3v) is 4.03. The maximum atomic E-state index is 11.9. The number of carbonyl (C=O) groups excluding carboxylic acids is 1. The van der Waals surface area contributed by atoms with Crippen molar-refractivity contribution in [3.05, 3.63) is 52.0 Å². The molecule has 0 aliphatic heterocycles. The second kappa shape index (κ2) is 7.93. The van der Waals surface area contributed by atoms with E-state index in [1.807, 2.05) is 32.9 Å². The van der Waals surface area contributed by atoms with Crippen LogP contribution < -0.4 is 20.1 Å². The summed E-state index contributed by atoms with van der Waals surface area (Å²) in [5.74, 6) is 1.35. The molecule has 0 spiro atoms. The van der Waals surface area contributed by atoms with Crippen molar-refractivity contribution in [1.29, 1.82) is 0 Å². The van der Waals surface area contributed by atoms with Crippen LogP contribution in [-0.2, 0) is 0 Å². The van der Waals surface area contributed by atoms with Gasteiger partial charge in [0.15, 0.2) is 6.73 Å². The average molecular weight is 349 g/mol. The number of aryl methyl sites for hydroxylation is 2. The first kappa shape index (κ1) is 17.9. The van der Waals surface area contributed by atoms with Gasteiger partial charge in [-0.05, 0) is 55.7 Å². The van der Waals surface area contributed by atoms with Crippen LogP contribution >= 0.6 is 11.6 Å². The fraction of sp³-hybridized carbons (Fsp3) is 0.278. The Morgan fingerprint density at radius 3 is 2.50 bits per heavy atom. The Balaban J connectivity index is 1.90. The molecule has 2 rings (SSSR count). The van der Waals surface area contributed by atoms with Crippen molar-refractivity contribution in [3.63, 3.8) is 0 Å². The Labute approximate surface area is 146 Å². The number of methoxy groups -OCH3 is 1. The molecular weight excluding hydrogens is 328 g/mol. The highest BCUT2D eigenvalue weighted by molar-refractivity contribution is 6.32. The molecule has 0 bridgehead atoms. The smallest absolute Gasteiger partial charge is 0.321 e. The summed E-state index contributed by atoms with van der Waals surface area (Å²) in [5.41, 5.74) is 3.82. The van der Waals surface area contributed by atoms with Crippen LogP contribution in [0.3, 0.4) is 0 Å². The fourth-order valence-corrected chi connectivity index (χ4v) is 2.50. The predicted molar refractivity (Wildman–Crippen MR) is 96.3 cm³/mol. The van der Waals surface area contributed by atoms with E-state index in [9.17, 15) is 4.79 Å². The lowest BCUT2D eigenvalue weighted by Gasteiger charge is -2.15. The Morgan fingerprint density at radius 1 is 1.12 bits per heavy atom. The first-order valence-corrected chi connectivity index (χ1v) is 7.88. The van der Waals surface area contributed by atoms with E-state index < -0.39 is 0 Å². The topological polar surface area (TPSA) is 59.6 Å².